The molecule has 0 saturated heterocycles. The molecular formula is C39H43FN2O7. The maximum Gasteiger partial charge on any atom is 0.417 e. The number of ether oxygens (including phenoxy) is 2. The Morgan fingerprint density at radius 1 is 0.857 bits per heavy atom. The minimum Gasteiger partial charge on any atom is -0.469 e. The van der Waals surface area contributed by atoms with Crippen molar-refractivity contribution in [2.75, 3.05) is 7.11 Å². The molecule has 0 bridgehead atoms. The van der Waals surface area contributed by atoms with Gasteiger partial charge in [-0.3, -0.25) is 9.59 Å². The number of nitrogens with zero attached hydrogens (tertiary/aromatic N) is 2. The van der Waals surface area contributed by atoms with Gasteiger partial charge in [-0.1, -0.05) is 78.9 Å². The predicted octanol–water partition coefficient (Wildman–Crippen LogP) is 7.42. The van der Waals surface area contributed by atoms with E-state index in [0.717, 1.165) is 4.90 Å². The average molecular weight is 671 g/mol. The fraction of sp³-hybridized carbons (Fsp3) is 0.308. The topological polar surface area (TPSA) is 118 Å². The van der Waals surface area contributed by atoms with Crippen LogP contribution < -0.4 is 0 Å². The molecule has 2 amide bonds. The number of imide groups is 1. The molecule has 0 radical (unpaired) electrons. The Labute approximate surface area is 286 Å². The number of carbonyl (C=O) groups excluding carboxylic acids is 3. The molecule has 258 valence electrons. The van der Waals surface area contributed by atoms with Crippen LogP contribution in [-0.4, -0.2) is 63.1 Å². The highest BCUT2D eigenvalue weighted by Gasteiger charge is 2.35. The van der Waals surface area contributed by atoms with E-state index in [1.54, 1.807) is 36.6 Å². The van der Waals surface area contributed by atoms with Crippen molar-refractivity contribution in [1.29, 1.82) is 0 Å². The van der Waals surface area contributed by atoms with Crippen molar-refractivity contribution in [3.8, 4) is 22.3 Å². The standard InChI is InChI=1S/C39H43FN2O7/c1-25(2)42-33(21-20-31(43)22-32(44)23-34(45)48-5)35(29-16-18-30(40)19-17-29)36(28-14-10-7-11-15-28)37(42)38(46)41(39(47)49-26(3)4)24-27-12-8-6-9-13-27/h6-21,25-26,31-32,43-44H,22-24H2,1-5H3. The van der Waals surface area contributed by atoms with Crippen molar-refractivity contribution in [3.05, 3.63) is 114 Å². The lowest BCUT2D eigenvalue weighted by Gasteiger charge is -2.24. The largest absolute Gasteiger partial charge is 0.469 e. The molecule has 2 atom stereocenters. The highest BCUT2D eigenvalue weighted by molar-refractivity contribution is 6.10. The third-order valence-electron chi connectivity index (χ3n) is 7.76. The van der Waals surface area contributed by atoms with Gasteiger partial charge in [-0.2, -0.15) is 0 Å². The second-order valence-corrected chi connectivity index (χ2v) is 12.2. The van der Waals surface area contributed by atoms with Gasteiger partial charge in [0.15, 0.2) is 0 Å². The number of aliphatic hydroxyl groups is 2. The molecule has 0 saturated carbocycles. The summed E-state index contributed by atoms with van der Waals surface area (Å²) in [5.41, 5.74) is 3.74. The van der Waals surface area contributed by atoms with Crippen molar-refractivity contribution in [1.82, 2.24) is 9.47 Å². The Bertz CT molecular complexity index is 1750. The molecule has 1 aromatic heterocycles. The van der Waals surface area contributed by atoms with Gasteiger partial charge < -0.3 is 24.3 Å². The lowest BCUT2D eigenvalue weighted by Crippen LogP contribution is -2.39. The molecule has 4 aromatic rings. The van der Waals surface area contributed by atoms with Crippen LogP contribution in [0, 0.1) is 5.82 Å². The van der Waals surface area contributed by atoms with Crippen LogP contribution in [0.1, 0.15) is 68.3 Å². The fourth-order valence-electron chi connectivity index (χ4n) is 5.61. The Balaban J connectivity index is 2.00. The number of hydrogen-bond donors (Lipinski definition) is 2. The second kappa shape index (κ2) is 16.9. The summed E-state index contributed by atoms with van der Waals surface area (Å²) in [7, 11) is 1.22. The van der Waals surface area contributed by atoms with Crippen LogP contribution in [0.5, 0.6) is 0 Å². The highest BCUT2D eigenvalue weighted by atomic mass is 19.1. The number of benzene rings is 3. The normalized spacial score (nSPS) is 12.7. The summed E-state index contributed by atoms with van der Waals surface area (Å²) in [6.45, 7) is 7.14. The molecule has 4 rings (SSSR count). The smallest absolute Gasteiger partial charge is 0.417 e. The first-order valence-electron chi connectivity index (χ1n) is 16.2. The SMILES string of the molecule is COC(=O)CC(O)CC(O)C=Cc1c(-c2ccc(F)cc2)c(-c2ccccc2)c(C(=O)N(Cc2ccccc2)C(=O)OC(C)C)n1C(C)C. The minimum absolute atomic E-state index is 0.0589. The van der Waals surface area contributed by atoms with Gasteiger partial charge in [-0.15, -0.1) is 0 Å². The molecule has 0 spiro atoms. The van der Waals surface area contributed by atoms with Gasteiger partial charge in [-0.25, -0.2) is 14.1 Å². The number of aromatic nitrogens is 1. The van der Waals surface area contributed by atoms with Crippen LogP contribution >= 0.6 is 0 Å². The average Bonchev–Trinajstić information content (AvgIpc) is 3.42. The fourth-order valence-corrected chi connectivity index (χ4v) is 5.61. The molecule has 9 nitrogen and oxygen atoms in total. The molecule has 2 unspecified atom stereocenters. The molecule has 0 aliphatic carbocycles. The molecule has 10 heteroatoms. The lowest BCUT2D eigenvalue weighted by molar-refractivity contribution is -0.143. The van der Waals surface area contributed by atoms with Gasteiger partial charge in [0, 0.05) is 29.3 Å². The molecule has 2 N–H and O–H groups in total. The van der Waals surface area contributed by atoms with E-state index in [0.29, 0.717) is 33.5 Å². The monoisotopic (exact) mass is 670 g/mol. The first-order chi connectivity index (χ1) is 23.4. The summed E-state index contributed by atoms with van der Waals surface area (Å²) in [6.07, 6.45) is -0.954. The quantitative estimate of drug-likeness (QED) is 0.142. The van der Waals surface area contributed by atoms with E-state index < -0.39 is 42.1 Å². The van der Waals surface area contributed by atoms with E-state index in [-0.39, 0.29) is 31.1 Å². The number of methoxy groups -OCH3 is 1. The lowest BCUT2D eigenvalue weighted by atomic mass is 9.94. The zero-order valence-electron chi connectivity index (χ0n) is 28.4. The van der Waals surface area contributed by atoms with E-state index in [1.807, 2.05) is 74.5 Å². The van der Waals surface area contributed by atoms with Gasteiger partial charge in [0.25, 0.3) is 5.91 Å². The molecule has 49 heavy (non-hydrogen) atoms. The zero-order valence-corrected chi connectivity index (χ0v) is 28.4. The molecule has 0 fully saturated rings. The predicted molar refractivity (Wildman–Crippen MR) is 186 cm³/mol. The first-order valence-corrected chi connectivity index (χ1v) is 16.2. The second-order valence-electron chi connectivity index (χ2n) is 12.2. The number of rotatable bonds is 13. The highest BCUT2D eigenvalue weighted by Crippen LogP contribution is 2.43. The van der Waals surface area contributed by atoms with Crippen LogP contribution in [0.25, 0.3) is 28.3 Å². The van der Waals surface area contributed by atoms with Crippen LogP contribution in [-0.2, 0) is 20.8 Å². The Morgan fingerprint density at radius 2 is 1.45 bits per heavy atom. The van der Waals surface area contributed by atoms with Crippen LogP contribution in [0.15, 0.2) is 91.0 Å². The molecule has 0 aliphatic rings. The number of hydrogen-bond acceptors (Lipinski definition) is 7. The van der Waals surface area contributed by atoms with Crippen molar-refractivity contribution in [2.45, 2.75) is 71.4 Å². The third kappa shape index (κ3) is 9.31. The van der Waals surface area contributed by atoms with Crippen molar-refractivity contribution >= 4 is 24.0 Å². The summed E-state index contributed by atoms with van der Waals surface area (Å²) < 4.78 is 26.2. The summed E-state index contributed by atoms with van der Waals surface area (Å²) in [5.74, 6) is -1.66. The molecule has 0 aliphatic heterocycles. The maximum absolute atomic E-state index is 15.0. The number of halogens is 1. The van der Waals surface area contributed by atoms with Gasteiger partial charge in [-0.05, 0) is 62.6 Å². The van der Waals surface area contributed by atoms with Gasteiger partial charge in [0.05, 0.1) is 38.4 Å². The van der Waals surface area contributed by atoms with E-state index in [2.05, 4.69) is 4.74 Å². The summed E-state index contributed by atoms with van der Waals surface area (Å²) in [5, 5.41) is 21.3. The molecule has 1 heterocycles. The Hall–Kier alpha value is -5.06. The Morgan fingerprint density at radius 3 is 2.02 bits per heavy atom. The zero-order chi connectivity index (χ0) is 35.7. The molecule has 3 aromatic carbocycles. The minimum atomic E-state index is -1.17. The number of carbonyl (C=O) groups is 3. The van der Waals surface area contributed by atoms with Gasteiger partial charge in [0.2, 0.25) is 0 Å². The van der Waals surface area contributed by atoms with E-state index in [1.165, 1.54) is 25.3 Å². The van der Waals surface area contributed by atoms with E-state index in [4.69, 9.17) is 4.74 Å². The van der Waals surface area contributed by atoms with Gasteiger partial charge in [0.1, 0.15) is 11.5 Å². The number of esters is 1. The van der Waals surface area contributed by atoms with Gasteiger partial charge >= 0.3 is 12.1 Å². The van der Waals surface area contributed by atoms with Crippen molar-refractivity contribution < 1.29 is 38.5 Å². The van der Waals surface area contributed by atoms with E-state index >= 15 is 0 Å². The Kier molecular flexibility index (Phi) is 12.6. The van der Waals surface area contributed by atoms with Crippen LogP contribution in [0.2, 0.25) is 0 Å². The van der Waals surface area contributed by atoms with Crippen LogP contribution in [0.4, 0.5) is 9.18 Å². The number of amides is 2. The maximum atomic E-state index is 15.0. The van der Waals surface area contributed by atoms with Crippen molar-refractivity contribution in [3.63, 3.8) is 0 Å². The summed E-state index contributed by atoms with van der Waals surface area (Å²) in [4.78, 5) is 41.3. The van der Waals surface area contributed by atoms with Crippen molar-refractivity contribution in [2.24, 2.45) is 0 Å². The number of aliphatic hydroxyl groups excluding tert-OH is 2. The summed E-state index contributed by atoms with van der Waals surface area (Å²) >= 11 is 0. The van der Waals surface area contributed by atoms with Crippen LogP contribution in [0.3, 0.4) is 0 Å². The molecular weight excluding hydrogens is 627 g/mol. The first kappa shape index (κ1) is 36.8. The van der Waals surface area contributed by atoms with E-state index in [9.17, 15) is 29.0 Å². The summed E-state index contributed by atoms with van der Waals surface area (Å²) in [6, 6.07) is 23.9. The third-order valence-corrected chi connectivity index (χ3v) is 7.76.